The van der Waals surface area contributed by atoms with Crippen LogP contribution >= 0.6 is 0 Å². The SMILES string of the molecule is C#CCNS(=O)(=O)c1c(C)ccc(N)c1C. The Hall–Kier alpha value is -1.51. The van der Waals surface area contributed by atoms with Gasteiger partial charge in [0, 0.05) is 5.69 Å². The van der Waals surface area contributed by atoms with Crippen molar-refractivity contribution in [1.82, 2.24) is 4.72 Å². The first-order valence-electron chi connectivity index (χ1n) is 4.69. The number of terminal acetylenes is 1. The summed E-state index contributed by atoms with van der Waals surface area (Å²) in [6, 6.07) is 3.36. The minimum atomic E-state index is -3.58. The molecular weight excluding hydrogens is 224 g/mol. The highest BCUT2D eigenvalue weighted by molar-refractivity contribution is 7.89. The fourth-order valence-corrected chi connectivity index (χ4v) is 2.90. The molecule has 0 radical (unpaired) electrons. The molecule has 1 aromatic rings. The monoisotopic (exact) mass is 238 g/mol. The first kappa shape index (κ1) is 12.6. The van der Waals surface area contributed by atoms with Crippen LogP contribution in [0.15, 0.2) is 17.0 Å². The van der Waals surface area contributed by atoms with E-state index >= 15 is 0 Å². The Morgan fingerprint density at radius 1 is 1.44 bits per heavy atom. The standard InChI is InChI=1S/C11H14N2O2S/c1-4-7-13-16(14,15)11-8(2)5-6-10(12)9(11)3/h1,5-6,13H,7,12H2,2-3H3. The Morgan fingerprint density at radius 3 is 2.62 bits per heavy atom. The van der Waals surface area contributed by atoms with Crippen LogP contribution in [0.1, 0.15) is 11.1 Å². The molecule has 0 spiro atoms. The van der Waals surface area contributed by atoms with E-state index in [1.807, 2.05) is 0 Å². The maximum absolute atomic E-state index is 11.9. The second kappa shape index (κ2) is 4.56. The third-order valence-corrected chi connectivity index (χ3v) is 3.97. The molecule has 0 heterocycles. The number of nitrogens with two attached hydrogens (primary N) is 1. The van der Waals surface area contributed by atoms with Crippen LogP contribution in [0.2, 0.25) is 0 Å². The van der Waals surface area contributed by atoms with Gasteiger partial charge in [-0.2, -0.15) is 4.72 Å². The quantitative estimate of drug-likeness (QED) is 0.604. The fourth-order valence-electron chi connectivity index (χ4n) is 1.46. The molecule has 0 fully saturated rings. The Kier molecular flexibility index (Phi) is 3.58. The summed E-state index contributed by atoms with van der Waals surface area (Å²) in [5.74, 6) is 2.23. The molecule has 0 bridgehead atoms. The predicted octanol–water partition coefficient (Wildman–Crippen LogP) is 0.797. The zero-order chi connectivity index (χ0) is 12.3. The summed E-state index contributed by atoms with van der Waals surface area (Å²) in [6.07, 6.45) is 5.02. The minimum absolute atomic E-state index is 0.0317. The van der Waals surface area contributed by atoms with Crippen molar-refractivity contribution in [3.05, 3.63) is 23.3 Å². The Labute approximate surface area is 95.9 Å². The molecule has 5 heteroatoms. The molecule has 1 rings (SSSR count). The number of sulfonamides is 1. The number of hydrogen-bond acceptors (Lipinski definition) is 3. The summed E-state index contributed by atoms with van der Waals surface area (Å²) in [5.41, 5.74) is 7.33. The van der Waals surface area contributed by atoms with Crippen LogP contribution in [0.25, 0.3) is 0 Å². The van der Waals surface area contributed by atoms with Crippen molar-refractivity contribution in [3.8, 4) is 12.3 Å². The van der Waals surface area contributed by atoms with Crippen molar-refractivity contribution in [2.24, 2.45) is 0 Å². The molecule has 86 valence electrons. The third kappa shape index (κ3) is 2.35. The lowest BCUT2D eigenvalue weighted by atomic mass is 10.1. The molecule has 0 unspecified atom stereocenters. The van der Waals surface area contributed by atoms with Gasteiger partial charge in [0.1, 0.15) is 0 Å². The van der Waals surface area contributed by atoms with E-state index in [-0.39, 0.29) is 11.4 Å². The lowest BCUT2D eigenvalue weighted by molar-refractivity contribution is 0.585. The van der Waals surface area contributed by atoms with Gasteiger partial charge in [0.15, 0.2) is 0 Å². The second-order valence-electron chi connectivity index (χ2n) is 3.45. The average Bonchev–Trinajstić information content (AvgIpc) is 2.21. The van der Waals surface area contributed by atoms with E-state index in [9.17, 15) is 8.42 Å². The predicted molar refractivity (Wildman–Crippen MR) is 64.3 cm³/mol. The molecule has 0 aliphatic carbocycles. The van der Waals surface area contributed by atoms with Crippen LogP contribution in [0, 0.1) is 26.2 Å². The molecule has 0 saturated heterocycles. The first-order chi connectivity index (χ1) is 7.40. The van der Waals surface area contributed by atoms with Crippen molar-refractivity contribution >= 4 is 15.7 Å². The van der Waals surface area contributed by atoms with E-state index in [0.29, 0.717) is 16.8 Å². The van der Waals surface area contributed by atoms with Gasteiger partial charge in [-0.05, 0) is 31.0 Å². The molecule has 0 aliphatic heterocycles. The first-order valence-corrected chi connectivity index (χ1v) is 6.17. The summed E-state index contributed by atoms with van der Waals surface area (Å²) >= 11 is 0. The van der Waals surface area contributed by atoms with Crippen molar-refractivity contribution < 1.29 is 8.42 Å². The topological polar surface area (TPSA) is 72.2 Å². The second-order valence-corrected chi connectivity index (χ2v) is 5.16. The van der Waals surface area contributed by atoms with Gasteiger partial charge in [-0.15, -0.1) is 6.42 Å². The summed E-state index contributed by atoms with van der Waals surface area (Å²) in [5, 5.41) is 0. The molecule has 4 nitrogen and oxygen atoms in total. The number of hydrogen-bond donors (Lipinski definition) is 2. The molecule has 0 atom stereocenters. The van der Waals surface area contributed by atoms with Gasteiger partial charge in [-0.1, -0.05) is 12.0 Å². The molecule has 0 aromatic heterocycles. The maximum Gasteiger partial charge on any atom is 0.242 e. The number of rotatable bonds is 3. The number of anilines is 1. The summed E-state index contributed by atoms with van der Waals surface area (Å²) in [7, 11) is -3.58. The summed E-state index contributed by atoms with van der Waals surface area (Å²) in [4.78, 5) is 0.211. The largest absolute Gasteiger partial charge is 0.398 e. The average molecular weight is 238 g/mol. The smallest absolute Gasteiger partial charge is 0.242 e. The third-order valence-electron chi connectivity index (χ3n) is 2.28. The van der Waals surface area contributed by atoms with Crippen molar-refractivity contribution in [1.29, 1.82) is 0 Å². The normalized spacial score (nSPS) is 11.1. The summed E-state index contributed by atoms with van der Waals surface area (Å²) in [6.45, 7) is 3.36. The lowest BCUT2D eigenvalue weighted by Gasteiger charge is -2.12. The van der Waals surface area contributed by atoms with E-state index in [2.05, 4.69) is 10.6 Å². The number of nitrogen functional groups attached to an aromatic ring is 1. The zero-order valence-corrected chi connectivity index (χ0v) is 10.1. The van der Waals surface area contributed by atoms with Crippen molar-refractivity contribution in [2.75, 3.05) is 12.3 Å². The van der Waals surface area contributed by atoms with Crippen molar-refractivity contribution in [2.45, 2.75) is 18.7 Å². The molecule has 0 aliphatic rings. The van der Waals surface area contributed by atoms with Crippen LogP contribution in [0.5, 0.6) is 0 Å². The van der Waals surface area contributed by atoms with E-state index in [4.69, 9.17) is 12.2 Å². The Balaban J connectivity index is 3.34. The highest BCUT2D eigenvalue weighted by Crippen LogP contribution is 2.24. The van der Waals surface area contributed by atoms with E-state index in [1.54, 1.807) is 26.0 Å². The van der Waals surface area contributed by atoms with E-state index in [1.165, 1.54) is 0 Å². The lowest BCUT2D eigenvalue weighted by Crippen LogP contribution is -2.25. The molecule has 3 N–H and O–H groups in total. The fraction of sp³-hybridized carbons (Fsp3) is 0.273. The van der Waals surface area contributed by atoms with Crippen LogP contribution in [0.4, 0.5) is 5.69 Å². The highest BCUT2D eigenvalue weighted by atomic mass is 32.2. The molecule has 16 heavy (non-hydrogen) atoms. The van der Waals surface area contributed by atoms with E-state index < -0.39 is 10.0 Å². The van der Waals surface area contributed by atoms with E-state index in [0.717, 1.165) is 0 Å². The Bertz CT molecular complexity index is 542. The number of nitrogens with one attached hydrogen (secondary N) is 1. The van der Waals surface area contributed by atoms with Crippen molar-refractivity contribution in [3.63, 3.8) is 0 Å². The molecule has 0 saturated carbocycles. The van der Waals surface area contributed by atoms with Gasteiger partial charge in [-0.25, -0.2) is 8.42 Å². The zero-order valence-electron chi connectivity index (χ0n) is 9.24. The molecular formula is C11H14N2O2S. The van der Waals surface area contributed by atoms with Gasteiger partial charge in [0.05, 0.1) is 11.4 Å². The van der Waals surface area contributed by atoms with Gasteiger partial charge in [-0.3, -0.25) is 0 Å². The van der Waals surface area contributed by atoms with Gasteiger partial charge >= 0.3 is 0 Å². The molecule has 1 aromatic carbocycles. The van der Waals surface area contributed by atoms with Crippen LogP contribution in [0.3, 0.4) is 0 Å². The van der Waals surface area contributed by atoms with Gasteiger partial charge in [0.25, 0.3) is 0 Å². The van der Waals surface area contributed by atoms with Crippen LogP contribution in [-0.2, 0) is 10.0 Å². The maximum atomic E-state index is 11.9. The van der Waals surface area contributed by atoms with Crippen LogP contribution < -0.4 is 10.5 Å². The molecule has 0 amide bonds. The number of aryl methyl sites for hydroxylation is 1. The van der Waals surface area contributed by atoms with Gasteiger partial charge in [0.2, 0.25) is 10.0 Å². The van der Waals surface area contributed by atoms with Crippen LogP contribution in [-0.4, -0.2) is 15.0 Å². The number of benzene rings is 1. The summed E-state index contributed by atoms with van der Waals surface area (Å²) < 4.78 is 26.2. The van der Waals surface area contributed by atoms with Gasteiger partial charge < -0.3 is 5.73 Å². The highest BCUT2D eigenvalue weighted by Gasteiger charge is 2.19. The Morgan fingerprint density at radius 2 is 2.06 bits per heavy atom. The minimum Gasteiger partial charge on any atom is -0.398 e.